The van der Waals surface area contributed by atoms with Crippen LogP contribution in [0.2, 0.25) is 0 Å². The number of aliphatic carboxylic acids is 1. The van der Waals surface area contributed by atoms with Crippen LogP contribution in [0.4, 0.5) is 11.4 Å². The summed E-state index contributed by atoms with van der Waals surface area (Å²) in [6.45, 7) is 10.1. The van der Waals surface area contributed by atoms with Gasteiger partial charge < -0.3 is 21.7 Å². The van der Waals surface area contributed by atoms with Gasteiger partial charge in [0, 0.05) is 66.1 Å². The average Bonchev–Trinajstić information content (AvgIpc) is 3.58. The van der Waals surface area contributed by atoms with Crippen LogP contribution in [-0.4, -0.2) is 91.4 Å². The molecule has 0 amide bonds. The third kappa shape index (κ3) is 14.4. The second kappa shape index (κ2) is 22.8. The Morgan fingerprint density at radius 3 is 2.03 bits per heavy atom. The lowest BCUT2D eigenvalue weighted by molar-refractivity contribution is -0.438. The van der Waals surface area contributed by atoms with Crippen molar-refractivity contribution in [2.24, 2.45) is 0 Å². The van der Waals surface area contributed by atoms with E-state index in [0.717, 1.165) is 91.1 Å². The van der Waals surface area contributed by atoms with Crippen molar-refractivity contribution in [3.8, 4) is 0 Å². The number of unbranched alkanes of at least 4 members (excludes halogenated alkanes) is 9. The zero-order valence-corrected chi connectivity index (χ0v) is 41.3. The standard InChI is InChI=1S/C49H68N3O11S3/c1-48(2)40-22-12-13-23-42(40)51(32-15-17-34-64(55,56)57)44(48)29-25-37-20-19-21-38(47(37)50-31-14-10-8-6-5-7-9-11-24-46(53)54)26-30-45-49(3,4)41-36-39(66(61,62)63)27-28-43(41)52(45)33-16-18-35-65(58,59)60/h12-13,19,22-23,25-30,36H,5-11,14-18,20-21,24,31-35H2,1-4H3,(H4,53,54,55,56,57,58,59,60,61,62,63)/q-1/p+1/b38-26+,45-30?. The van der Waals surface area contributed by atoms with Gasteiger partial charge in [-0.05, 0) is 75.8 Å². The van der Waals surface area contributed by atoms with E-state index in [0.29, 0.717) is 57.2 Å². The molecule has 14 nitrogen and oxygen atoms in total. The first-order valence-electron chi connectivity index (χ1n) is 23.2. The van der Waals surface area contributed by atoms with Gasteiger partial charge in [-0.2, -0.15) is 42.7 Å². The van der Waals surface area contributed by atoms with E-state index in [2.05, 4.69) is 65.4 Å². The van der Waals surface area contributed by atoms with Gasteiger partial charge in [-0.3, -0.25) is 18.5 Å². The molecule has 66 heavy (non-hydrogen) atoms. The lowest BCUT2D eigenvalue weighted by Gasteiger charge is -2.30. The summed E-state index contributed by atoms with van der Waals surface area (Å²) in [5, 5.41) is 12.7. The highest BCUT2D eigenvalue weighted by Gasteiger charge is 2.44. The van der Waals surface area contributed by atoms with E-state index in [1.165, 1.54) is 17.7 Å². The number of carboxylic acids is 1. The summed E-state index contributed by atoms with van der Waals surface area (Å²) >= 11 is 0. The van der Waals surface area contributed by atoms with Gasteiger partial charge >= 0.3 is 5.97 Å². The average molecular weight is 972 g/mol. The predicted octanol–water partition coefficient (Wildman–Crippen LogP) is 9.25. The predicted molar refractivity (Wildman–Crippen MR) is 260 cm³/mol. The summed E-state index contributed by atoms with van der Waals surface area (Å²) < 4.78 is 102. The number of nitrogens with zero attached hydrogens (tertiary/aromatic N) is 2. The molecule has 2 aromatic carbocycles. The van der Waals surface area contributed by atoms with Crippen LogP contribution in [0.1, 0.15) is 135 Å². The first-order valence-corrected chi connectivity index (χ1v) is 27.8. The minimum Gasteiger partial charge on any atom is -0.481 e. The highest BCUT2D eigenvalue weighted by molar-refractivity contribution is 7.86. The van der Waals surface area contributed by atoms with E-state index in [-0.39, 0.29) is 34.7 Å². The minimum atomic E-state index is -4.49. The van der Waals surface area contributed by atoms with Gasteiger partial charge in [-0.1, -0.05) is 93.9 Å². The van der Waals surface area contributed by atoms with Crippen molar-refractivity contribution >= 4 is 53.4 Å². The summed E-state index contributed by atoms with van der Waals surface area (Å²) in [6, 6.07) is 12.8. The Bertz CT molecular complexity index is 2570. The fourth-order valence-corrected chi connectivity index (χ4v) is 11.0. The Labute approximate surface area is 392 Å². The van der Waals surface area contributed by atoms with Crippen molar-refractivity contribution in [3.63, 3.8) is 0 Å². The molecule has 17 heteroatoms. The van der Waals surface area contributed by atoms with E-state index in [1.807, 2.05) is 32.1 Å². The lowest BCUT2D eigenvalue weighted by atomic mass is 9.81. The molecule has 0 aromatic heterocycles. The molecule has 5 N–H and O–H groups in total. The molecule has 2 aliphatic heterocycles. The van der Waals surface area contributed by atoms with Gasteiger partial charge in [0.05, 0.1) is 21.8 Å². The molecule has 0 saturated carbocycles. The first kappa shape index (κ1) is 52.8. The van der Waals surface area contributed by atoms with Gasteiger partial charge in [-0.15, -0.1) is 0 Å². The lowest BCUT2D eigenvalue weighted by Crippen LogP contribution is -2.28. The molecule has 364 valence electrons. The Kier molecular flexibility index (Phi) is 18.2. The summed E-state index contributed by atoms with van der Waals surface area (Å²) in [5.41, 5.74) is 7.69. The molecule has 0 unspecified atom stereocenters. The van der Waals surface area contributed by atoms with Crippen molar-refractivity contribution in [3.05, 3.63) is 107 Å². The zero-order valence-electron chi connectivity index (χ0n) is 38.8. The first-order chi connectivity index (χ1) is 31.0. The molecule has 5 rings (SSSR count). The molecule has 0 spiro atoms. The molecule has 0 bridgehead atoms. The number of para-hydroxylation sites is 1. The van der Waals surface area contributed by atoms with Gasteiger partial charge in [0.1, 0.15) is 6.54 Å². The van der Waals surface area contributed by atoms with Crippen molar-refractivity contribution in [1.29, 1.82) is 0 Å². The number of carbonyl (C=O) groups is 1. The highest BCUT2D eigenvalue weighted by atomic mass is 32.2. The second-order valence-electron chi connectivity index (χ2n) is 18.7. The maximum absolute atomic E-state index is 12.2. The molecule has 1 aliphatic carbocycles. The topological polar surface area (TPSA) is 219 Å². The maximum atomic E-state index is 12.2. The summed E-state index contributed by atoms with van der Waals surface area (Å²) in [5.74, 6) is -1.42. The van der Waals surface area contributed by atoms with Crippen molar-refractivity contribution in [2.45, 2.75) is 140 Å². The molecule has 3 aliphatic rings. The summed E-state index contributed by atoms with van der Waals surface area (Å²) in [4.78, 5) is 12.7. The van der Waals surface area contributed by atoms with Crippen LogP contribution in [0.15, 0.2) is 94.2 Å². The fraction of sp³-hybridized carbons (Fsp3) is 0.531. The smallest absolute Gasteiger partial charge is 0.303 e. The molecule has 0 saturated heterocycles. The van der Waals surface area contributed by atoms with Crippen LogP contribution in [0.3, 0.4) is 0 Å². The normalized spacial score (nSPS) is 18.5. The quantitative estimate of drug-likeness (QED) is 0.0257. The van der Waals surface area contributed by atoms with E-state index in [1.54, 1.807) is 6.07 Å². The third-order valence-corrected chi connectivity index (χ3v) is 15.4. The Hall–Kier alpha value is -4.13. The number of anilines is 1. The Balaban J connectivity index is 1.49. The van der Waals surface area contributed by atoms with Gasteiger partial charge in [0.2, 0.25) is 5.69 Å². The molecule has 0 atom stereocenters. The largest absolute Gasteiger partial charge is 0.481 e. The molecular weight excluding hydrogens is 903 g/mol. The number of hydrogen-bond donors (Lipinski definition) is 5. The van der Waals surface area contributed by atoms with Crippen LogP contribution in [0, 0.1) is 6.42 Å². The molecular formula is C49H69N3O11S3. The molecule has 0 fully saturated rings. The van der Waals surface area contributed by atoms with Crippen LogP contribution in [0.25, 0.3) is 0 Å². The SMILES string of the molecule is CC1(C)C(=C/C=C2\C[CH-]CC(/C=C/C3=[N+](CCCCS(=O)(=O)O)c4ccccc4C3(C)C)=C2NCCCCCCCCCCC(=O)O)N(CCCCS(=O)(=O)O)c2ccc(S(=O)(=O)O)cc21. The fourth-order valence-electron chi connectivity index (χ4n) is 9.40. The number of allylic oxidation sites excluding steroid dienone is 7. The highest BCUT2D eigenvalue weighted by Crippen LogP contribution is 2.49. The summed E-state index contributed by atoms with van der Waals surface area (Å²) in [6.07, 6.45) is 21.8. The van der Waals surface area contributed by atoms with E-state index in [9.17, 15) is 43.7 Å². The number of nitrogens with one attached hydrogen (secondary N) is 1. The van der Waals surface area contributed by atoms with E-state index < -0.39 is 41.7 Å². The minimum absolute atomic E-state index is 0.216. The van der Waals surface area contributed by atoms with Gasteiger partial charge in [0.15, 0.2) is 5.71 Å². The number of fused-ring (bicyclic) bond motifs is 2. The Morgan fingerprint density at radius 1 is 0.742 bits per heavy atom. The van der Waals surface area contributed by atoms with Crippen molar-refractivity contribution < 1.29 is 53.4 Å². The summed E-state index contributed by atoms with van der Waals surface area (Å²) in [7, 11) is -12.7. The van der Waals surface area contributed by atoms with Crippen LogP contribution in [0.5, 0.6) is 0 Å². The zero-order chi connectivity index (χ0) is 48.3. The maximum Gasteiger partial charge on any atom is 0.303 e. The van der Waals surface area contributed by atoms with E-state index >= 15 is 0 Å². The Morgan fingerprint density at radius 2 is 1.38 bits per heavy atom. The molecule has 2 heterocycles. The number of hydrogen-bond acceptors (Lipinski definition) is 9. The molecule has 2 aromatic rings. The van der Waals surface area contributed by atoms with Gasteiger partial charge in [0.25, 0.3) is 30.4 Å². The van der Waals surface area contributed by atoms with Crippen LogP contribution >= 0.6 is 0 Å². The van der Waals surface area contributed by atoms with Crippen molar-refractivity contribution in [2.75, 3.05) is 36.0 Å². The second-order valence-corrected chi connectivity index (χ2v) is 23.2. The number of carboxylic acid groups (broad SMARTS) is 1. The van der Waals surface area contributed by atoms with Gasteiger partial charge in [-0.25, -0.2) is 0 Å². The van der Waals surface area contributed by atoms with Crippen molar-refractivity contribution in [1.82, 2.24) is 5.32 Å². The number of benzene rings is 2. The monoisotopic (exact) mass is 971 g/mol. The third-order valence-electron chi connectivity index (χ3n) is 12.9. The van der Waals surface area contributed by atoms with E-state index in [4.69, 9.17) is 5.11 Å². The van der Waals surface area contributed by atoms with Crippen LogP contribution < -0.4 is 10.2 Å². The van der Waals surface area contributed by atoms with Crippen LogP contribution in [-0.2, 0) is 46.0 Å². The number of rotatable bonds is 26. The molecule has 0 radical (unpaired) electrons.